The highest BCUT2D eigenvalue weighted by Crippen LogP contribution is 2.20. The molecule has 0 saturated carbocycles. The summed E-state index contributed by atoms with van der Waals surface area (Å²) in [6.45, 7) is 1.65. The molecule has 6 nitrogen and oxygen atoms in total. The molecule has 0 amide bonds. The van der Waals surface area contributed by atoms with Crippen molar-refractivity contribution in [2.45, 2.75) is 13.0 Å². The number of carboxylic acid groups (broad SMARTS) is 1. The lowest BCUT2D eigenvalue weighted by Crippen LogP contribution is -2.23. The summed E-state index contributed by atoms with van der Waals surface area (Å²) in [6, 6.07) is 5.81. The minimum absolute atomic E-state index is 0.324. The number of hydrogen-bond donors (Lipinski definition) is 1. The summed E-state index contributed by atoms with van der Waals surface area (Å²) in [5, 5.41) is 12.8. The maximum absolute atomic E-state index is 12.9. The van der Waals surface area contributed by atoms with Crippen LogP contribution in [0.1, 0.15) is 12.2 Å². The maximum Gasteiger partial charge on any atom is 0.307 e. The topological polar surface area (TPSA) is 79.5 Å². The molecule has 1 saturated heterocycles. The van der Waals surface area contributed by atoms with Crippen LogP contribution in [0.25, 0.3) is 11.5 Å². The van der Waals surface area contributed by atoms with Crippen molar-refractivity contribution < 1.29 is 18.8 Å². The van der Waals surface area contributed by atoms with Crippen molar-refractivity contribution in [1.29, 1.82) is 0 Å². The van der Waals surface area contributed by atoms with Gasteiger partial charge >= 0.3 is 5.97 Å². The Bertz CT molecular complexity index is 641. The fourth-order valence-corrected chi connectivity index (χ4v) is 2.41. The van der Waals surface area contributed by atoms with Crippen LogP contribution < -0.4 is 0 Å². The molecule has 0 aliphatic carbocycles. The van der Waals surface area contributed by atoms with Crippen LogP contribution in [0.5, 0.6) is 0 Å². The van der Waals surface area contributed by atoms with Crippen LogP contribution >= 0.6 is 0 Å². The third-order valence-electron chi connectivity index (χ3n) is 3.55. The lowest BCUT2D eigenvalue weighted by atomic mass is 10.1. The van der Waals surface area contributed by atoms with Crippen LogP contribution in [-0.2, 0) is 11.3 Å². The molecular weight excluding hydrogens is 277 g/mol. The number of carboxylic acids is 1. The minimum atomic E-state index is -0.766. The molecule has 1 fully saturated rings. The largest absolute Gasteiger partial charge is 0.481 e. The molecule has 1 aliphatic rings. The van der Waals surface area contributed by atoms with E-state index in [-0.39, 0.29) is 11.7 Å². The van der Waals surface area contributed by atoms with Gasteiger partial charge < -0.3 is 9.63 Å². The van der Waals surface area contributed by atoms with Crippen molar-refractivity contribution in [2.24, 2.45) is 5.92 Å². The molecule has 21 heavy (non-hydrogen) atoms. The van der Waals surface area contributed by atoms with Gasteiger partial charge in [0.05, 0.1) is 12.5 Å². The Kier molecular flexibility index (Phi) is 3.66. The molecule has 3 rings (SSSR count). The number of hydrogen-bond acceptors (Lipinski definition) is 5. The van der Waals surface area contributed by atoms with Gasteiger partial charge in [-0.2, -0.15) is 4.98 Å². The Morgan fingerprint density at radius 3 is 2.86 bits per heavy atom. The number of likely N-dealkylation sites (tertiary alicyclic amines) is 1. The van der Waals surface area contributed by atoms with E-state index < -0.39 is 5.97 Å². The molecule has 1 aliphatic heterocycles. The zero-order valence-corrected chi connectivity index (χ0v) is 11.2. The number of rotatable bonds is 4. The van der Waals surface area contributed by atoms with Crippen molar-refractivity contribution >= 4 is 5.97 Å². The lowest BCUT2D eigenvalue weighted by molar-refractivity contribution is -0.141. The first-order chi connectivity index (χ1) is 10.1. The monoisotopic (exact) mass is 291 g/mol. The second-order valence-corrected chi connectivity index (χ2v) is 5.08. The summed E-state index contributed by atoms with van der Waals surface area (Å²) < 4.78 is 18.0. The van der Waals surface area contributed by atoms with Crippen LogP contribution in [0, 0.1) is 11.7 Å². The SMILES string of the molecule is O=C(O)C1CCN(Cc2noc(-c3ccc(F)cc3)n2)C1. The first-order valence-corrected chi connectivity index (χ1v) is 6.65. The predicted octanol–water partition coefficient (Wildman–Crippen LogP) is 1.78. The summed E-state index contributed by atoms with van der Waals surface area (Å²) in [6.07, 6.45) is 0.637. The molecule has 1 N–H and O–H groups in total. The van der Waals surface area contributed by atoms with Crippen LogP contribution in [0.3, 0.4) is 0 Å². The quantitative estimate of drug-likeness (QED) is 0.925. The fraction of sp³-hybridized carbons (Fsp3) is 0.357. The molecule has 2 heterocycles. The Morgan fingerprint density at radius 1 is 1.43 bits per heavy atom. The molecule has 1 atom stereocenters. The number of nitrogens with zero attached hydrogens (tertiary/aromatic N) is 3. The first kappa shape index (κ1) is 13.7. The van der Waals surface area contributed by atoms with Gasteiger partial charge in [-0.1, -0.05) is 5.16 Å². The molecular formula is C14H14FN3O3. The van der Waals surface area contributed by atoms with Crippen molar-refractivity contribution in [2.75, 3.05) is 13.1 Å². The third kappa shape index (κ3) is 3.08. The molecule has 1 unspecified atom stereocenters. The second-order valence-electron chi connectivity index (χ2n) is 5.08. The van der Waals surface area contributed by atoms with E-state index in [1.54, 1.807) is 12.1 Å². The minimum Gasteiger partial charge on any atom is -0.481 e. The lowest BCUT2D eigenvalue weighted by Gasteiger charge is -2.11. The third-order valence-corrected chi connectivity index (χ3v) is 3.55. The van der Waals surface area contributed by atoms with Crippen molar-refractivity contribution in [3.05, 3.63) is 35.9 Å². The van der Waals surface area contributed by atoms with E-state index in [0.717, 1.165) is 0 Å². The molecule has 7 heteroatoms. The van der Waals surface area contributed by atoms with Crippen LogP contribution in [-0.4, -0.2) is 39.2 Å². The zero-order valence-electron chi connectivity index (χ0n) is 11.2. The van der Waals surface area contributed by atoms with Crippen LogP contribution in [0.4, 0.5) is 4.39 Å². The van der Waals surface area contributed by atoms with E-state index in [1.807, 2.05) is 4.90 Å². The van der Waals surface area contributed by atoms with E-state index in [4.69, 9.17) is 9.63 Å². The molecule has 1 aromatic heterocycles. The highest BCUT2D eigenvalue weighted by Gasteiger charge is 2.28. The van der Waals surface area contributed by atoms with Gasteiger partial charge in [0.2, 0.25) is 0 Å². The zero-order chi connectivity index (χ0) is 14.8. The van der Waals surface area contributed by atoms with Crippen molar-refractivity contribution in [3.8, 4) is 11.5 Å². The van der Waals surface area contributed by atoms with E-state index in [9.17, 15) is 9.18 Å². The van der Waals surface area contributed by atoms with E-state index in [2.05, 4.69) is 10.1 Å². The molecule has 1 aromatic carbocycles. The molecule has 2 aromatic rings. The van der Waals surface area contributed by atoms with Gasteiger partial charge in [-0.15, -0.1) is 0 Å². The van der Waals surface area contributed by atoms with Crippen LogP contribution in [0.2, 0.25) is 0 Å². The molecule has 0 radical (unpaired) electrons. The standard InChI is InChI=1S/C14H14FN3O3/c15-11-3-1-9(2-4-11)13-16-12(17-21-13)8-18-6-5-10(7-18)14(19)20/h1-4,10H,5-8H2,(H,19,20). The van der Waals surface area contributed by atoms with Gasteiger partial charge in [0.15, 0.2) is 5.82 Å². The number of aromatic nitrogens is 2. The Labute approximate surface area is 120 Å². The summed E-state index contributed by atoms with van der Waals surface area (Å²) >= 11 is 0. The number of carbonyl (C=O) groups is 1. The maximum atomic E-state index is 12.9. The smallest absolute Gasteiger partial charge is 0.307 e. The highest BCUT2D eigenvalue weighted by atomic mass is 19.1. The van der Waals surface area contributed by atoms with E-state index >= 15 is 0 Å². The highest BCUT2D eigenvalue weighted by molar-refractivity contribution is 5.70. The van der Waals surface area contributed by atoms with Crippen molar-refractivity contribution in [1.82, 2.24) is 15.0 Å². The molecule has 0 spiro atoms. The number of aliphatic carboxylic acids is 1. The predicted molar refractivity (Wildman–Crippen MR) is 70.7 cm³/mol. The Balaban J connectivity index is 1.66. The Hall–Kier alpha value is -2.28. The van der Waals surface area contributed by atoms with E-state index in [1.165, 1.54) is 12.1 Å². The first-order valence-electron chi connectivity index (χ1n) is 6.65. The van der Waals surface area contributed by atoms with Gasteiger partial charge in [-0.05, 0) is 37.2 Å². The average molecular weight is 291 g/mol. The molecule has 110 valence electrons. The van der Waals surface area contributed by atoms with Crippen molar-refractivity contribution in [3.63, 3.8) is 0 Å². The van der Waals surface area contributed by atoms with Gasteiger partial charge in [-0.3, -0.25) is 9.69 Å². The van der Waals surface area contributed by atoms with E-state index in [0.29, 0.717) is 43.3 Å². The molecule has 0 bridgehead atoms. The van der Waals surface area contributed by atoms with Gasteiger partial charge in [0, 0.05) is 12.1 Å². The van der Waals surface area contributed by atoms with Gasteiger partial charge in [-0.25, -0.2) is 4.39 Å². The van der Waals surface area contributed by atoms with Gasteiger partial charge in [0.25, 0.3) is 5.89 Å². The van der Waals surface area contributed by atoms with Gasteiger partial charge in [0.1, 0.15) is 5.82 Å². The summed E-state index contributed by atoms with van der Waals surface area (Å²) in [4.78, 5) is 17.1. The summed E-state index contributed by atoms with van der Waals surface area (Å²) in [5.41, 5.74) is 0.653. The van der Waals surface area contributed by atoms with Crippen LogP contribution in [0.15, 0.2) is 28.8 Å². The second kappa shape index (κ2) is 5.61. The summed E-state index contributed by atoms with van der Waals surface area (Å²) in [5.74, 6) is -0.583. The normalized spacial score (nSPS) is 19.0. The average Bonchev–Trinajstić information content (AvgIpc) is 3.10. The Morgan fingerprint density at radius 2 is 2.19 bits per heavy atom. The number of halogens is 1. The number of benzene rings is 1. The fourth-order valence-electron chi connectivity index (χ4n) is 2.41. The summed E-state index contributed by atoms with van der Waals surface area (Å²) in [7, 11) is 0.